The monoisotopic (exact) mass is 466 g/mol. The van der Waals surface area contributed by atoms with E-state index in [0.29, 0.717) is 19.6 Å². The molecule has 0 bridgehead atoms. The summed E-state index contributed by atoms with van der Waals surface area (Å²) in [4.78, 5) is 12.2. The molecule has 3 rings (SSSR count). The lowest BCUT2D eigenvalue weighted by molar-refractivity contribution is -0.121. The van der Waals surface area contributed by atoms with E-state index in [-0.39, 0.29) is 5.91 Å². The molecule has 1 aromatic heterocycles. The summed E-state index contributed by atoms with van der Waals surface area (Å²) in [6.45, 7) is 4.24. The van der Waals surface area contributed by atoms with Crippen molar-refractivity contribution in [2.75, 3.05) is 13.7 Å². The van der Waals surface area contributed by atoms with Crippen molar-refractivity contribution < 1.29 is 9.53 Å². The van der Waals surface area contributed by atoms with Gasteiger partial charge in [-0.25, -0.2) is 0 Å². The van der Waals surface area contributed by atoms with Crippen LogP contribution < -0.4 is 5.32 Å². The van der Waals surface area contributed by atoms with Crippen LogP contribution in [0, 0.1) is 6.92 Å². The Morgan fingerprint density at radius 2 is 1.85 bits per heavy atom. The number of methoxy groups -OCH3 is 1. The fourth-order valence-electron chi connectivity index (χ4n) is 3.61. The van der Waals surface area contributed by atoms with E-state index in [1.54, 1.807) is 18.9 Å². The average Bonchev–Trinajstić information content (AvgIpc) is 3.21. The van der Waals surface area contributed by atoms with E-state index in [9.17, 15) is 4.79 Å². The summed E-state index contributed by atoms with van der Waals surface area (Å²) in [6.07, 6.45) is 4.00. The van der Waals surface area contributed by atoms with E-state index >= 15 is 0 Å². The van der Waals surface area contributed by atoms with Crippen LogP contribution in [0.5, 0.6) is 0 Å². The predicted molar refractivity (Wildman–Crippen MR) is 133 cm³/mol. The van der Waals surface area contributed by atoms with Gasteiger partial charge in [0.2, 0.25) is 5.91 Å². The Bertz CT molecular complexity index is 991. The molecule has 0 aliphatic heterocycles. The molecular formula is C26H34N4O2S. The summed E-state index contributed by atoms with van der Waals surface area (Å²) in [6, 6.07) is 18.5. The van der Waals surface area contributed by atoms with Crippen LogP contribution >= 0.6 is 11.8 Å². The van der Waals surface area contributed by atoms with Gasteiger partial charge in [-0.1, -0.05) is 71.9 Å². The van der Waals surface area contributed by atoms with Crippen LogP contribution in [0.2, 0.25) is 0 Å². The number of benzene rings is 2. The van der Waals surface area contributed by atoms with Crippen molar-refractivity contribution in [1.29, 1.82) is 0 Å². The highest BCUT2D eigenvalue weighted by Gasteiger charge is 2.13. The van der Waals surface area contributed by atoms with Crippen LogP contribution in [0.3, 0.4) is 0 Å². The number of hydrogen-bond acceptors (Lipinski definition) is 5. The zero-order valence-corrected chi connectivity index (χ0v) is 20.4. The predicted octanol–water partition coefficient (Wildman–Crippen LogP) is 4.94. The highest BCUT2D eigenvalue weighted by Crippen LogP contribution is 2.23. The van der Waals surface area contributed by atoms with Gasteiger partial charge < -0.3 is 14.6 Å². The molecule has 1 amide bonds. The number of carbonyl (C=O) groups is 1. The van der Waals surface area contributed by atoms with E-state index in [2.05, 4.69) is 51.3 Å². The molecule has 0 unspecified atom stereocenters. The van der Waals surface area contributed by atoms with Gasteiger partial charge in [-0.05, 0) is 37.3 Å². The molecule has 0 radical (unpaired) electrons. The lowest BCUT2D eigenvalue weighted by Crippen LogP contribution is -2.22. The number of rotatable bonds is 14. The number of thioether (sulfide) groups is 1. The van der Waals surface area contributed by atoms with Crippen molar-refractivity contribution in [2.45, 2.75) is 63.0 Å². The summed E-state index contributed by atoms with van der Waals surface area (Å²) < 4.78 is 7.45. The molecule has 1 heterocycles. The van der Waals surface area contributed by atoms with Crippen LogP contribution in [0.25, 0.3) is 0 Å². The van der Waals surface area contributed by atoms with Crippen LogP contribution in [-0.2, 0) is 34.8 Å². The van der Waals surface area contributed by atoms with Crippen molar-refractivity contribution in [3.05, 3.63) is 77.1 Å². The van der Waals surface area contributed by atoms with Crippen molar-refractivity contribution in [3.8, 4) is 0 Å². The van der Waals surface area contributed by atoms with E-state index in [4.69, 9.17) is 4.74 Å². The summed E-state index contributed by atoms with van der Waals surface area (Å²) in [7, 11) is 1.73. The molecule has 0 fully saturated rings. The number of nitrogens with zero attached hydrogens (tertiary/aromatic N) is 3. The number of carbonyl (C=O) groups excluding carboxylic acids is 1. The average molecular weight is 467 g/mol. The molecule has 33 heavy (non-hydrogen) atoms. The van der Waals surface area contributed by atoms with Gasteiger partial charge in [-0.3, -0.25) is 4.79 Å². The highest BCUT2D eigenvalue weighted by atomic mass is 32.2. The van der Waals surface area contributed by atoms with Gasteiger partial charge in [-0.15, -0.1) is 10.2 Å². The maximum absolute atomic E-state index is 12.2. The van der Waals surface area contributed by atoms with Crippen molar-refractivity contribution in [1.82, 2.24) is 20.1 Å². The Labute approximate surface area is 201 Å². The number of amides is 1. The number of aryl methyl sites for hydroxylation is 2. The van der Waals surface area contributed by atoms with Gasteiger partial charge in [0.25, 0.3) is 0 Å². The van der Waals surface area contributed by atoms with Crippen LogP contribution in [0.1, 0.15) is 48.2 Å². The van der Waals surface area contributed by atoms with E-state index in [1.165, 1.54) is 11.1 Å². The van der Waals surface area contributed by atoms with E-state index in [0.717, 1.165) is 54.5 Å². The SMILES string of the molecule is COCCCn1c(CCCCC(=O)NCc2ccccc2)nnc1SCc1cccc(C)c1. The Balaban J connectivity index is 1.48. The van der Waals surface area contributed by atoms with Gasteiger partial charge in [0.15, 0.2) is 5.16 Å². The third kappa shape index (κ3) is 8.67. The minimum Gasteiger partial charge on any atom is -0.385 e. The molecular weight excluding hydrogens is 432 g/mol. The van der Waals surface area contributed by atoms with Gasteiger partial charge >= 0.3 is 0 Å². The van der Waals surface area contributed by atoms with Crippen LogP contribution in [0.4, 0.5) is 0 Å². The lowest BCUT2D eigenvalue weighted by Gasteiger charge is -2.10. The fourth-order valence-corrected chi connectivity index (χ4v) is 4.53. The highest BCUT2D eigenvalue weighted by molar-refractivity contribution is 7.98. The van der Waals surface area contributed by atoms with Crippen LogP contribution in [0.15, 0.2) is 59.8 Å². The minimum atomic E-state index is 0.0924. The second-order valence-electron chi connectivity index (χ2n) is 8.14. The topological polar surface area (TPSA) is 69.0 Å². The number of ether oxygens (including phenoxy) is 1. The second kappa shape index (κ2) is 13.8. The summed E-state index contributed by atoms with van der Waals surface area (Å²) in [5.41, 5.74) is 3.67. The second-order valence-corrected chi connectivity index (χ2v) is 9.09. The molecule has 0 aliphatic carbocycles. The lowest BCUT2D eigenvalue weighted by atomic mass is 10.1. The number of nitrogens with one attached hydrogen (secondary N) is 1. The fraction of sp³-hybridized carbons (Fsp3) is 0.423. The number of hydrogen-bond donors (Lipinski definition) is 1. The first-order chi connectivity index (χ1) is 16.2. The first kappa shape index (κ1) is 25.0. The van der Waals surface area contributed by atoms with Gasteiger partial charge in [0.05, 0.1) is 0 Å². The summed E-state index contributed by atoms with van der Waals surface area (Å²) >= 11 is 1.72. The molecule has 0 saturated heterocycles. The first-order valence-electron chi connectivity index (χ1n) is 11.6. The van der Waals surface area contributed by atoms with E-state index in [1.807, 2.05) is 30.3 Å². The number of unbranched alkanes of at least 4 members (excludes halogenated alkanes) is 1. The standard InChI is InChI=1S/C26H34N4O2S/c1-21-10-8-13-23(18-21)20-33-26-29-28-24(30(26)16-9-17-32-2)14-6-7-15-25(31)27-19-22-11-4-3-5-12-22/h3-5,8,10-13,18H,6-7,9,14-17,19-20H2,1-2H3,(H,27,31). The van der Waals surface area contributed by atoms with E-state index < -0.39 is 0 Å². The maximum atomic E-state index is 12.2. The largest absolute Gasteiger partial charge is 0.385 e. The summed E-state index contributed by atoms with van der Waals surface area (Å²) in [5, 5.41) is 12.9. The minimum absolute atomic E-state index is 0.0924. The first-order valence-corrected chi connectivity index (χ1v) is 12.5. The third-order valence-corrected chi connectivity index (χ3v) is 6.40. The third-order valence-electron chi connectivity index (χ3n) is 5.36. The Hall–Kier alpha value is -2.64. The van der Waals surface area contributed by atoms with Crippen molar-refractivity contribution in [2.24, 2.45) is 0 Å². The molecule has 1 N–H and O–H groups in total. The molecule has 0 atom stereocenters. The molecule has 6 nitrogen and oxygen atoms in total. The Morgan fingerprint density at radius 1 is 1.03 bits per heavy atom. The molecule has 3 aromatic rings. The van der Waals surface area contributed by atoms with Gasteiger partial charge in [-0.2, -0.15) is 0 Å². The van der Waals surface area contributed by atoms with Crippen molar-refractivity contribution in [3.63, 3.8) is 0 Å². The van der Waals surface area contributed by atoms with Gasteiger partial charge in [0, 0.05) is 45.4 Å². The molecule has 7 heteroatoms. The maximum Gasteiger partial charge on any atom is 0.220 e. The molecule has 0 saturated carbocycles. The Morgan fingerprint density at radius 3 is 2.64 bits per heavy atom. The van der Waals surface area contributed by atoms with Crippen molar-refractivity contribution >= 4 is 17.7 Å². The molecule has 2 aromatic carbocycles. The van der Waals surface area contributed by atoms with Crippen LogP contribution in [-0.4, -0.2) is 34.4 Å². The summed E-state index contributed by atoms with van der Waals surface area (Å²) in [5.74, 6) is 1.95. The molecule has 0 spiro atoms. The number of aromatic nitrogens is 3. The quantitative estimate of drug-likeness (QED) is 0.269. The Kier molecular flexibility index (Phi) is 10.5. The zero-order chi connectivity index (χ0) is 23.3. The van der Waals surface area contributed by atoms with Gasteiger partial charge in [0.1, 0.15) is 5.82 Å². The zero-order valence-electron chi connectivity index (χ0n) is 19.6. The molecule has 0 aliphatic rings. The molecule has 176 valence electrons. The smallest absolute Gasteiger partial charge is 0.220 e. The normalized spacial score (nSPS) is 11.0.